The third-order valence-corrected chi connectivity index (χ3v) is 5.07. The molecule has 1 aromatic carbocycles. The first-order valence-corrected chi connectivity index (χ1v) is 9.33. The number of thiazole rings is 1. The maximum Gasteiger partial charge on any atom is 0.226 e. The largest absolute Gasteiger partial charge is 0.356 e. The summed E-state index contributed by atoms with van der Waals surface area (Å²) in [7, 11) is 0. The summed E-state index contributed by atoms with van der Waals surface area (Å²) in [6.07, 6.45) is 0.288. The van der Waals surface area contributed by atoms with Gasteiger partial charge in [0.25, 0.3) is 0 Å². The zero-order valence-electron chi connectivity index (χ0n) is 13.2. The zero-order chi connectivity index (χ0) is 16.7. The van der Waals surface area contributed by atoms with Crippen LogP contribution >= 0.6 is 23.1 Å². The molecule has 0 radical (unpaired) electrons. The Hall–Kier alpha value is -1.66. The highest BCUT2D eigenvalue weighted by atomic mass is 32.2. The van der Waals surface area contributed by atoms with E-state index in [9.17, 15) is 9.59 Å². The van der Waals surface area contributed by atoms with E-state index >= 15 is 0 Å². The Morgan fingerprint density at radius 1 is 1.26 bits per heavy atom. The minimum atomic E-state index is -0.0130. The number of aromatic nitrogens is 1. The number of carbonyl (C=O) groups excluding carboxylic acids is 2. The minimum Gasteiger partial charge on any atom is -0.356 e. The summed E-state index contributed by atoms with van der Waals surface area (Å²) >= 11 is 2.89. The van der Waals surface area contributed by atoms with Crippen molar-refractivity contribution in [2.24, 2.45) is 5.92 Å². The predicted octanol–water partition coefficient (Wildman–Crippen LogP) is 3.43. The second kappa shape index (κ2) is 8.84. The van der Waals surface area contributed by atoms with Crippen molar-refractivity contribution in [3.63, 3.8) is 0 Å². The number of benzene rings is 1. The van der Waals surface area contributed by atoms with E-state index in [-0.39, 0.29) is 18.1 Å². The van der Waals surface area contributed by atoms with Gasteiger partial charge in [0, 0.05) is 17.5 Å². The molecule has 0 saturated heterocycles. The second-order valence-corrected chi connectivity index (χ2v) is 7.64. The average molecular weight is 348 g/mol. The minimum absolute atomic E-state index is 0.0130. The van der Waals surface area contributed by atoms with E-state index in [1.165, 1.54) is 23.1 Å². The Morgan fingerprint density at radius 2 is 2.00 bits per heavy atom. The molecular weight excluding hydrogens is 328 g/mol. The third kappa shape index (κ3) is 6.15. The van der Waals surface area contributed by atoms with E-state index < -0.39 is 0 Å². The van der Waals surface area contributed by atoms with Crippen molar-refractivity contribution in [3.05, 3.63) is 47.0 Å². The lowest BCUT2D eigenvalue weighted by molar-refractivity contribution is -0.120. The van der Waals surface area contributed by atoms with Gasteiger partial charge in [-0.3, -0.25) is 9.59 Å². The van der Waals surface area contributed by atoms with Gasteiger partial charge in [-0.25, -0.2) is 4.98 Å². The van der Waals surface area contributed by atoms with Gasteiger partial charge in [-0.1, -0.05) is 55.9 Å². The molecule has 6 heteroatoms. The fraction of sp³-hybridized carbons (Fsp3) is 0.353. The van der Waals surface area contributed by atoms with Crippen LogP contribution in [0.1, 0.15) is 29.9 Å². The van der Waals surface area contributed by atoms with Crippen LogP contribution in [0.3, 0.4) is 0 Å². The number of hydrogen-bond acceptors (Lipinski definition) is 5. The molecule has 0 bridgehead atoms. The van der Waals surface area contributed by atoms with E-state index in [2.05, 4.69) is 24.1 Å². The van der Waals surface area contributed by atoms with Gasteiger partial charge >= 0.3 is 0 Å². The van der Waals surface area contributed by atoms with Gasteiger partial charge in [0.1, 0.15) is 0 Å². The smallest absolute Gasteiger partial charge is 0.226 e. The topological polar surface area (TPSA) is 59.1 Å². The zero-order valence-corrected chi connectivity index (χ0v) is 14.9. The van der Waals surface area contributed by atoms with Gasteiger partial charge in [-0.2, -0.15) is 0 Å². The predicted molar refractivity (Wildman–Crippen MR) is 95.2 cm³/mol. The molecule has 0 aliphatic rings. The van der Waals surface area contributed by atoms with Gasteiger partial charge in [0.05, 0.1) is 17.9 Å². The Kier molecular flexibility index (Phi) is 6.80. The third-order valence-electron chi connectivity index (χ3n) is 3.00. The maximum atomic E-state index is 12.0. The molecule has 1 N–H and O–H groups in total. The molecule has 4 nitrogen and oxygen atoms in total. The maximum absolute atomic E-state index is 12.0. The quantitative estimate of drug-likeness (QED) is 0.586. The molecular formula is C17H20N2O2S2. The van der Waals surface area contributed by atoms with Crippen LogP contribution in [0.5, 0.6) is 0 Å². The fourth-order valence-electron chi connectivity index (χ4n) is 1.82. The van der Waals surface area contributed by atoms with Crippen LogP contribution in [0, 0.1) is 5.92 Å². The van der Waals surface area contributed by atoms with Crippen LogP contribution in [0.15, 0.2) is 40.1 Å². The van der Waals surface area contributed by atoms with Crippen molar-refractivity contribution in [1.82, 2.24) is 10.3 Å². The van der Waals surface area contributed by atoms with Gasteiger partial charge in [-0.05, 0) is 5.92 Å². The summed E-state index contributed by atoms with van der Waals surface area (Å²) in [5.41, 5.74) is 1.47. The molecule has 2 aromatic rings. The molecule has 0 spiro atoms. The van der Waals surface area contributed by atoms with Crippen LogP contribution in [-0.2, 0) is 11.2 Å². The Labute approximate surface area is 144 Å². The van der Waals surface area contributed by atoms with Crippen molar-refractivity contribution >= 4 is 34.8 Å². The molecule has 0 atom stereocenters. The lowest BCUT2D eigenvalue weighted by atomic mass is 10.2. The molecule has 1 aromatic heterocycles. The van der Waals surface area contributed by atoms with Gasteiger partial charge in [0.2, 0.25) is 5.91 Å². The molecule has 122 valence electrons. The Morgan fingerprint density at radius 3 is 2.70 bits per heavy atom. The molecule has 23 heavy (non-hydrogen) atoms. The average Bonchev–Trinajstić information content (AvgIpc) is 2.99. The molecule has 0 fully saturated rings. The molecule has 1 amide bonds. The second-order valence-electron chi connectivity index (χ2n) is 5.56. The number of thioether (sulfide) groups is 1. The molecule has 1 heterocycles. The normalized spacial score (nSPS) is 10.7. The number of Topliss-reactive ketones (excluding diaryl/α,β-unsaturated/α-hetero) is 1. The number of rotatable bonds is 8. The summed E-state index contributed by atoms with van der Waals surface area (Å²) in [6, 6.07) is 9.23. The van der Waals surface area contributed by atoms with E-state index in [1.54, 1.807) is 0 Å². The summed E-state index contributed by atoms with van der Waals surface area (Å²) in [6.45, 7) is 4.79. The lowest BCUT2D eigenvalue weighted by Crippen LogP contribution is -2.28. The van der Waals surface area contributed by atoms with Crippen LogP contribution in [0.4, 0.5) is 0 Å². The lowest BCUT2D eigenvalue weighted by Gasteiger charge is -2.06. The van der Waals surface area contributed by atoms with Crippen LogP contribution < -0.4 is 5.32 Å². The first-order valence-electron chi connectivity index (χ1n) is 7.46. The number of amides is 1. The highest BCUT2D eigenvalue weighted by Gasteiger charge is 2.11. The van der Waals surface area contributed by atoms with Gasteiger partial charge in [-0.15, -0.1) is 11.3 Å². The van der Waals surface area contributed by atoms with Crippen LogP contribution in [0.2, 0.25) is 0 Å². The number of nitrogens with one attached hydrogen (secondary N) is 1. The summed E-state index contributed by atoms with van der Waals surface area (Å²) < 4.78 is 0.820. The number of hydrogen-bond donors (Lipinski definition) is 1. The Bertz CT molecular complexity index is 654. The molecule has 0 saturated carbocycles. The van der Waals surface area contributed by atoms with Gasteiger partial charge < -0.3 is 5.32 Å². The van der Waals surface area contributed by atoms with Crippen molar-refractivity contribution < 1.29 is 9.59 Å². The van der Waals surface area contributed by atoms with E-state index in [0.29, 0.717) is 23.8 Å². The van der Waals surface area contributed by atoms with Gasteiger partial charge in [0.15, 0.2) is 10.1 Å². The molecule has 0 aliphatic carbocycles. The molecule has 2 rings (SSSR count). The Balaban J connectivity index is 1.80. The number of carbonyl (C=O) groups is 2. The number of ketones is 1. The van der Waals surface area contributed by atoms with Crippen LogP contribution in [0.25, 0.3) is 0 Å². The standard InChI is InChI=1S/C17H20N2O2S2/c1-12(2)9-18-16(21)8-14-10-22-17(19-14)23-11-15(20)13-6-4-3-5-7-13/h3-7,10,12H,8-9,11H2,1-2H3,(H,18,21). The van der Waals surface area contributed by atoms with E-state index in [1.807, 2.05) is 35.7 Å². The summed E-state index contributed by atoms with van der Waals surface area (Å²) in [5.74, 6) is 0.865. The van der Waals surface area contributed by atoms with Crippen LogP contribution in [-0.4, -0.2) is 29.0 Å². The summed E-state index contributed by atoms with van der Waals surface area (Å²) in [4.78, 5) is 28.2. The SMILES string of the molecule is CC(C)CNC(=O)Cc1csc(SCC(=O)c2ccccc2)n1. The van der Waals surface area contributed by atoms with Crippen molar-refractivity contribution in [3.8, 4) is 0 Å². The molecule has 0 unspecified atom stereocenters. The van der Waals surface area contributed by atoms with Crippen molar-refractivity contribution in [2.75, 3.05) is 12.3 Å². The first-order chi connectivity index (χ1) is 11.0. The van der Waals surface area contributed by atoms with E-state index in [4.69, 9.17) is 0 Å². The highest BCUT2D eigenvalue weighted by Crippen LogP contribution is 2.23. The first kappa shape index (κ1) is 17.7. The number of nitrogens with zero attached hydrogens (tertiary/aromatic N) is 1. The van der Waals surface area contributed by atoms with Crippen molar-refractivity contribution in [1.29, 1.82) is 0 Å². The summed E-state index contributed by atoms with van der Waals surface area (Å²) in [5, 5.41) is 4.76. The fourth-order valence-corrected chi connectivity index (χ4v) is 3.55. The monoisotopic (exact) mass is 348 g/mol. The van der Waals surface area contributed by atoms with E-state index in [0.717, 1.165) is 10.0 Å². The molecule has 0 aliphatic heterocycles. The van der Waals surface area contributed by atoms with Crippen molar-refractivity contribution in [2.45, 2.75) is 24.6 Å². The highest BCUT2D eigenvalue weighted by molar-refractivity contribution is 8.01.